The van der Waals surface area contributed by atoms with Gasteiger partial charge in [-0.05, 0) is 10.8 Å². The molecule has 0 unspecified atom stereocenters. The molecule has 0 fully saturated rings. The van der Waals surface area contributed by atoms with E-state index in [2.05, 4.69) is 46.4 Å². The van der Waals surface area contributed by atoms with Gasteiger partial charge in [0.2, 0.25) is 0 Å². The number of benzene rings is 2. The molecule has 0 radical (unpaired) electrons. The largest absolute Gasteiger partial charge is 0.263 e. The predicted octanol–water partition coefficient (Wildman–Crippen LogP) is 3.19. The molecule has 17 heavy (non-hydrogen) atoms. The predicted molar refractivity (Wildman–Crippen MR) is 68.7 cm³/mol. The van der Waals surface area contributed by atoms with Gasteiger partial charge in [0.1, 0.15) is 5.82 Å². The van der Waals surface area contributed by atoms with Crippen LogP contribution >= 0.6 is 0 Å². The van der Waals surface area contributed by atoms with E-state index in [0.717, 1.165) is 23.6 Å². The van der Waals surface area contributed by atoms with Crippen LogP contribution in [0.3, 0.4) is 0 Å². The smallest absolute Gasteiger partial charge is 0.181 e. The van der Waals surface area contributed by atoms with Crippen molar-refractivity contribution in [2.75, 3.05) is 0 Å². The summed E-state index contributed by atoms with van der Waals surface area (Å²) >= 11 is 0. The van der Waals surface area contributed by atoms with Crippen molar-refractivity contribution in [1.29, 1.82) is 0 Å². The molecule has 0 aliphatic carbocycles. The van der Waals surface area contributed by atoms with E-state index in [9.17, 15) is 0 Å². The van der Waals surface area contributed by atoms with Gasteiger partial charge in [-0.15, -0.1) is 0 Å². The Kier molecular flexibility index (Phi) is 2.37. The molecule has 0 aliphatic rings. The molecule has 0 aliphatic heterocycles. The van der Waals surface area contributed by atoms with E-state index >= 15 is 0 Å². The van der Waals surface area contributed by atoms with Gasteiger partial charge in [0.15, 0.2) is 5.82 Å². The van der Waals surface area contributed by atoms with Crippen LogP contribution in [0.1, 0.15) is 12.7 Å². The number of hydrogen-bond donors (Lipinski definition) is 1. The van der Waals surface area contributed by atoms with Gasteiger partial charge in [-0.25, -0.2) is 4.98 Å². The third-order valence-electron chi connectivity index (χ3n) is 2.90. The lowest BCUT2D eigenvalue weighted by Gasteiger charge is -2.01. The van der Waals surface area contributed by atoms with Crippen molar-refractivity contribution in [2.24, 2.45) is 0 Å². The van der Waals surface area contributed by atoms with Crippen LogP contribution in [0.25, 0.3) is 22.2 Å². The van der Waals surface area contributed by atoms with Crippen LogP contribution in [0.2, 0.25) is 0 Å². The molecule has 0 saturated carbocycles. The summed E-state index contributed by atoms with van der Waals surface area (Å²) < 4.78 is 0. The van der Waals surface area contributed by atoms with Crippen LogP contribution in [0, 0.1) is 0 Å². The number of hydrogen-bond acceptors (Lipinski definition) is 2. The minimum absolute atomic E-state index is 0.777. The molecule has 84 valence electrons. The first-order chi connectivity index (χ1) is 8.38. The molecule has 0 spiro atoms. The van der Waals surface area contributed by atoms with Gasteiger partial charge in [0.05, 0.1) is 0 Å². The maximum atomic E-state index is 4.48. The molecule has 3 rings (SSSR count). The number of nitrogens with zero attached hydrogens (tertiary/aromatic N) is 2. The van der Waals surface area contributed by atoms with E-state index < -0.39 is 0 Å². The molecule has 0 amide bonds. The highest BCUT2D eigenvalue weighted by Crippen LogP contribution is 2.25. The van der Waals surface area contributed by atoms with E-state index in [4.69, 9.17) is 0 Å². The summed E-state index contributed by atoms with van der Waals surface area (Å²) in [5, 5.41) is 9.64. The van der Waals surface area contributed by atoms with Crippen molar-refractivity contribution >= 4 is 10.8 Å². The van der Waals surface area contributed by atoms with E-state index in [1.54, 1.807) is 0 Å². The zero-order valence-electron chi connectivity index (χ0n) is 9.64. The summed E-state index contributed by atoms with van der Waals surface area (Å²) in [6, 6.07) is 14.5. The lowest BCUT2D eigenvalue weighted by Crippen LogP contribution is -1.84. The maximum Gasteiger partial charge on any atom is 0.181 e. The third-order valence-corrected chi connectivity index (χ3v) is 2.90. The molecular formula is C14H13N3. The zero-order chi connectivity index (χ0) is 11.7. The van der Waals surface area contributed by atoms with Gasteiger partial charge in [-0.1, -0.05) is 49.4 Å². The van der Waals surface area contributed by atoms with Crippen molar-refractivity contribution in [3.63, 3.8) is 0 Å². The Morgan fingerprint density at radius 3 is 2.71 bits per heavy atom. The van der Waals surface area contributed by atoms with Crippen LogP contribution in [-0.4, -0.2) is 15.2 Å². The van der Waals surface area contributed by atoms with E-state index in [0.29, 0.717) is 0 Å². The quantitative estimate of drug-likeness (QED) is 0.725. The number of aromatic amines is 1. The molecule has 1 aromatic heterocycles. The summed E-state index contributed by atoms with van der Waals surface area (Å²) in [6.07, 6.45) is 0.873. The molecule has 2 aromatic carbocycles. The van der Waals surface area contributed by atoms with Gasteiger partial charge < -0.3 is 0 Å². The van der Waals surface area contributed by atoms with Crippen LogP contribution < -0.4 is 0 Å². The molecule has 3 heteroatoms. The second-order valence-electron chi connectivity index (χ2n) is 3.99. The van der Waals surface area contributed by atoms with E-state index in [-0.39, 0.29) is 0 Å². The first-order valence-corrected chi connectivity index (χ1v) is 5.78. The third kappa shape index (κ3) is 1.69. The fourth-order valence-corrected chi connectivity index (χ4v) is 1.99. The number of aromatic nitrogens is 3. The molecule has 3 nitrogen and oxygen atoms in total. The zero-order valence-corrected chi connectivity index (χ0v) is 9.64. The van der Waals surface area contributed by atoms with Crippen LogP contribution in [0.15, 0.2) is 42.5 Å². The Balaban J connectivity index is 2.23. The van der Waals surface area contributed by atoms with Crippen molar-refractivity contribution < 1.29 is 0 Å². The van der Waals surface area contributed by atoms with Crippen LogP contribution in [0.5, 0.6) is 0 Å². The van der Waals surface area contributed by atoms with Gasteiger partial charge in [-0.3, -0.25) is 5.10 Å². The number of H-pyrrole nitrogens is 1. The monoisotopic (exact) mass is 223 g/mol. The second-order valence-corrected chi connectivity index (χ2v) is 3.99. The highest BCUT2D eigenvalue weighted by atomic mass is 15.2. The number of rotatable bonds is 2. The lowest BCUT2D eigenvalue weighted by molar-refractivity contribution is 0.946. The highest BCUT2D eigenvalue weighted by molar-refractivity contribution is 5.94. The minimum atomic E-state index is 0.777. The van der Waals surface area contributed by atoms with Gasteiger partial charge >= 0.3 is 0 Å². The van der Waals surface area contributed by atoms with Gasteiger partial charge in [-0.2, -0.15) is 5.10 Å². The average Bonchev–Trinajstić information content (AvgIpc) is 2.87. The topological polar surface area (TPSA) is 41.6 Å². The second kappa shape index (κ2) is 4.01. The molecule has 3 aromatic rings. The lowest BCUT2D eigenvalue weighted by atomic mass is 10.0. The summed E-state index contributed by atoms with van der Waals surface area (Å²) in [7, 11) is 0. The molecule has 0 bridgehead atoms. The Morgan fingerprint density at radius 1 is 1.06 bits per heavy atom. The van der Waals surface area contributed by atoms with Crippen molar-refractivity contribution in [2.45, 2.75) is 13.3 Å². The molecule has 0 atom stereocenters. The molecule has 1 heterocycles. The van der Waals surface area contributed by atoms with E-state index in [1.807, 2.05) is 18.2 Å². The Labute approximate surface area is 99.5 Å². The van der Waals surface area contributed by atoms with Gasteiger partial charge in [0.25, 0.3) is 0 Å². The first kappa shape index (κ1) is 10.0. The number of aryl methyl sites for hydroxylation is 1. The van der Waals surface area contributed by atoms with Crippen molar-refractivity contribution in [1.82, 2.24) is 15.2 Å². The molecule has 1 N–H and O–H groups in total. The minimum Gasteiger partial charge on any atom is -0.263 e. The summed E-state index contributed by atoms with van der Waals surface area (Å²) in [4.78, 5) is 4.48. The number of nitrogens with one attached hydrogen (secondary N) is 1. The van der Waals surface area contributed by atoms with Crippen LogP contribution in [0.4, 0.5) is 0 Å². The van der Waals surface area contributed by atoms with Gasteiger partial charge in [0, 0.05) is 12.0 Å². The summed E-state index contributed by atoms with van der Waals surface area (Å²) in [5.41, 5.74) is 1.08. The SMILES string of the molecule is CCc1nc(-c2cccc3ccccc23)n[nH]1. The maximum absolute atomic E-state index is 4.48. The first-order valence-electron chi connectivity index (χ1n) is 5.78. The van der Waals surface area contributed by atoms with Crippen molar-refractivity contribution in [3.05, 3.63) is 48.3 Å². The summed E-state index contributed by atoms with van der Waals surface area (Å²) in [5.74, 6) is 1.70. The fraction of sp³-hybridized carbons (Fsp3) is 0.143. The Morgan fingerprint density at radius 2 is 1.88 bits per heavy atom. The highest BCUT2D eigenvalue weighted by Gasteiger charge is 2.07. The molecular weight excluding hydrogens is 210 g/mol. The standard InChI is InChI=1S/C14H13N3/c1-2-13-15-14(17-16-13)12-9-5-7-10-6-3-4-8-11(10)12/h3-9H,2H2,1H3,(H,15,16,17). The Bertz CT molecular complexity index is 650. The Hall–Kier alpha value is -2.16. The number of fused-ring (bicyclic) bond motifs is 1. The van der Waals surface area contributed by atoms with E-state index in [1.165, 1.54) is 10.8 Å². The normalized spacial score (nSPS) is 10.9. The van der Waals surface area contributed by atoms with Crippen molar-refractivity contribution in [3.8, 4) is 11.4 Å². The van der Waals surface area contributed by atoms with Crippen LogP contribution in [-0.2, 0) is 6.42 Å². The fourth-order valence-electron chi connectivity index (χ4n) is 1.99. The molecule has 0 saturated heterocycles. The average molecular weight is 223 g/mol. The summed E-state index contributed by atoms with van der Waals surface area (Å²) in [6.45, 7) is 2.06.